The van der Waals surface area contributed by atoms with E-state index in [4.69, 9.17) is 4.74 Å². The van der Waals surface area contributed by atoms with Crippen molar-refractivity contribution in [2.45, 2.75) is 26.4 Å². The van der Waals surface area contributed by atoms with E-state index in [1.54, 1.807) is 0 Å². The maximum Gasteiger partial charge on any atom is 0.0644 e. The Morgan fingerprint density at radius 1 is 1.56 bits per heavy atom. The first-order valence-electron chi connectivity index (χ1n) is 3.64. The molecule has 0 radical (unpaired) electrons. The molecule has 0 aromatic carbocycles. The van der Waals surface area contributed by atoms with Gasteiger partial charge in [-0.05, 0) is 13.3 Å². The third kappa shape index (κ3) is 2.19. The van der Waals surface area contributed by atoms with Crippen molar-refractivity contribution in [1.29, 1.82) is 0 Å². The van der Waals surface area contributed by atoms with Crippen molar-refractivity contribution in [3.63, 3.8) is 0 Å². The molecule has 1 nitrogen and oxygen atoms in total. The van der Waals surface area contributed by atoms with Crippen LogP contribution >= 0.6 is 0 Å². The Labute approximate surface area is 56.7 Å². The van der Waals surface area contributed by atoms with E-state index >= 15 is 0 Å². The smallest absolute Gasteiger partial charge is 0.0644 e. The third-order valence-electron chi connectivity index (χ3n) is 1.54. The SMILES string of the molecule is CCCOC(C)C1C=C1. The molecule has 1 atom stereocenters. The minimum atomic E-state index is 0.421. The van der Waals surface area contributed by atoms with Crippen LogP contribution in [0.2, 0.25) is 0 Å². The molecule has 0 aliphatic heterocycles. The zero-order valence-corrected chi connectivity index (χ0v) is 6.13. The molecule has 1 rings (SSSR count). The molecule has 0 spiro atoms. The Balaban J connectivity index is 1.97. The van der Waals surface area contributed by atoms with Gasteiger partial charge in [-0.3, -0.25) is 0 Å². The van der Waals surface area contributed by atoms with Crippen LogP contribution in [0.4, 0.5) is 0 Å². The molecule has 0 N–H and O–H groups in total. The summed E-state index contributed by atoms with van der Waals surface area (Å²) in [5, 5.41) is 0. The lowest BCUT2D eigenvalue weighted by molar-refractivity contribution is 0.0573. The number of ether oxygens (including phenoxy) is 1. The van der Waals surface area contributed by atoms with Crippen LogP contribution in [0.3, 0.4) is 0 Å². The van der Waals surface area contributed by atoms with Gasteiger partial charge < -0.3 is 4.74 Å². The molecule has 52 valence electrons. The van der Waals surface area contributed by atoms with E-state index in [9.17, 15) is 0 Å². The van der Waals surface area contributed by atoms with Crippen molar-refractivity contribution >= 4 is 0 Å². The predicted octanol–water partition coefficient (Wildman–Crippen LogP) is 1.99. The van der Waals surface area contributed by atoms with Crippen LogP contribution in [0.5, 0.6) is 0 Å². The van der Waals surface area contributed by atoms with Gasteiger partial charge in [-0.15, -0.1) is 0 Å². The highest BCUT2D eigenvalue weighted by Crippen LogP contribution is 2.22. The molecule has 1 heteroatoms. The summed E-state index contributed by atoms with van der Waals surface area (Å²) in [7, 11) is 0. The average molecular weight is 126 g/mol. The van der Waals surface area contributed by atoms with Crippen molar-refractivity contribution in [1.82, 2.24) is 0 Å². The zero-order valence-electron chi connectivity index (χ0n) is 6.13. The molecule has 0 saturated heterocycles. The van der Waals surface area contributed by atoms with E-state index in [0.717, 1.165) is 13.0 Å². The third-order valence-corrected chi connectivity index (χ3v) is 1.54. The van der Waals surface area contributed by atoms with Crippen LogP contribution in [0, 0.1) is 5.92 Å². The lowest BCUT2D eigenvalue weighted by Crippen LogP contribution is -2.11. The monoisotopic (exact) mass is 126 g/mol. The van der Waals surface area contributed by atoms with Crippen molar-refractivity contribution in [3.05, 3.63) is 12.2 Å². The normalized spacial score (nSPS) is 20.2. The topological polar surface area (TPSA) is 9.23 Å². The molecule has 0 saturated carbocycles. The van der Waals surface area contributed by atoms with Crippen LogP contribution in [-0.2, 0) is 4.74 Å². The molecule has 1 unspecified atom stereocenters. The Morgan fingerprint density at radius 2 is 2.22 bits per heavy atom. The molecular formula is C8H14O. The maximum atomic E-state index is 5.45. The van der Waals surface area contributed by atoms with Crippen LogP contribution in [-0.4, -0.2) is 12.7 Å². The van der Waals surface area contributed by atoms with Gasteiger partial charge in [0.15, 0.2) is 0 Å². The fraction of sp³-hybridized carbons (Fsp3) is 0.750. The number of hydrogen-bond acceptors (Lipinski definition) is 1. The molecule has 9 heavy (non-hydrogen) atoms. The summed E-state index contributed by atoms with van der Waals surface area (Å²) >= 11 is 0. The van der Waals surface area contributed by atoms with Gasteiger partial charge in [0.25, 0.3) is 0 Å². The number of hydrogen-bond donors (Lipinski definition) is 0. The Hall–Kier alpha value is -0.300. The Kier molecular flexibility index (Phi) is 2.29. The second-order valence-electron chi connectivity index (χ2n) is 2.54. The van der Waals surface area contributed by atoms with Gasteiger partial charge in [-0.1, -0.05) is 19.1 Å². The molecule has 0 amide bonds. The summed E-state index contributed by atoms with van der Waals surface area (Å²) in [6.07, 6.45) is 5.91. The molecule has 0 aromatic rings. The molecule has 0 heterocycles. The van der Waals surface area contributed by atoms with Crippen LogP contribution in [0.25, 0.3) is 0 Å². The van der Waals surface area contributed by atoms with E-state index in [2.05, 4.69) is 26.0 Å². The minimum absolute atomic E-state index is 0.421. The largest absolute Gasteiger partial charge is 0.378 e. The molecule has 1 aliphatic rings. The molecule has 0 bridgehead atoms. The summed E-state index contributed by atoms with van der Waals surface area (Å²) in [4.78, 5) is 0. The lowest BCUT2D eigenvalue weighted by atomic mass is 10.2. The first-order valence-corrected chi connectivity index (χ1v) is 3.64. The van der Waals surface area contributed by atoms with Crippen molar-refractivity contribution in [2.24, 2.45) is 5.92 Å². The van der Waals surface area contributed by atoms with Gasteiger partial charge in [0.05, 0.1) is 6.10 Å². The predicted molar refractivity (Wildman–Crippen MR) is 38.3 cm³/mol. The van der Waals surface area contributed by atoms with E-state index in [1.807, 2.05) is 0 Å². The summed E-state index contributed by atoms with van der Waals surface area (Å²) in [6.45, 7) is 5.16. The summed E-state index contributed by atoms with van der Waals surface area (Å²) in [5.74, 6) is 0.650. The first-order chi connectivity index (χ1) is 4.34. The van der Waals surface area contributed by atoms with Crippen LogP contribution in [0.1, 0.15) is 20.3 Å². The summed E-state index contributed by atoms with van der Waals surface area (Å²) in [6, 6.07) is 0. The average Bonchev–Trinajstić information content (AvgIpc) is 2.63. The second-order valence-corrected chi connectivity index (χ2v) is 2.54. The quantitative estimate of drug-likeness (QED) is 0.523. The van der Waals surface area contributed by atoms with Gasteiger partial charge in [0.2, 0.25) is 0 Å². The fourth-order valence-electron chi connectivity index (χ4n) is 0.792. The highest BCUT2D eigenvalue weighted by Gasteiger charge is 2.18. The molecule has 1 aliphatic carbocycles. The van der Waals surface area contributed by atoms with Crippen LogP contribution in [0.15, 0.2) is 12.2 Å². The van der Waals surface area contributed by atoms with E-state index in [0.29, 0.717) is 12.0 Å². The van der Waals surface area contributed by atoms with Gasteiger partial charge in [-0.2, -0.15) is 0 Å². The first kappa shape index (κ1) is 6.81. The molecular weight excluding hydrogens is 112 g/mol. The van der Waals surface area contributed by atoms with Crippen LogP contribution < -0.4 is 0 Å². The standard InChI is InChI=1S/C8H14O/c1-3-6-9-7(2)8-4-5-8/h4-5,7-8H,3,6H2,1-2H3. The number of rotatable bonds is 4. The Morgan fingerprint density at radius 3 is 2.67 bits per heavy atom. The van der Waals surface area contributed by atoms with Crippen molar-refractivity contribution in [3.8, 4) is 0 Å². The lowest BCUT2D eigenvalue weighted by Gasteiger charge is -2.09. The zero-order chi connectivity index (χ0) is 6.69. The second kappa shape index (κ2) is 3.02. The van der Waals surface area contributed by atoms with E-state index in [1.165, 1.54) is 0 Å². The van der Waals surface area contributed by atoms with E-state index in [-0.39, 0.29) is 0 Å². The minimum Gasteiger partial charge on any atom is -0.378 e. The van der Waals surface area contributed by atoms with E-state index < -0.39 is 0 Å². The Bertz CT molecular complexity index is 101. The van der Waals surface area contributed by atoms with Gasteiger partial charge >= 0.3 is 0 Å². The van der Waals surface area contributed by atoms with Crippen molar-refractivity contribution < 1.29 is 4.74 Å². The van der Waals surface area contributed by atoms with Gasteiger partial charge in [-0.25, -0.2) is 0 Å². The highest BCUT2D eigenvalue weighted by atomic mass is 16.5. The molecule has 0 aromatic heterocycles. The highest BCUT2D eigenvalue weighted by molar-refractivity contribution is 5.15. The van der Waals surface area contributed by atoms with Gasteiger partial charge in [0, 0.05) is 12.5 Å². The summed E-state index contributed by atoms with van der Waals surface area (Å²) in [5.41, 5.74) is 0. The maximum absolute atomic E-state index is 5.45. The van der Waals surface area contributed by atoms with Crippen molar-refractivity contribution in [2.75, 3.05) is 6.61 Å². The molecule has 0 fully saturated rings. The fourth-order valence-corrected chi connectivity index (χ4v) is 0.792. The van der Waals surface area contributed by atoms with Gasteiger partial charge in [0.1, 0.15) is 0 Å². The summed E-state index contributed by atoms with van der Waals surface area (Å²) < 4.78 is 5.45.